The van der Waals surface area contributed by atoms with Gasteiger partial charge in [-0.3, -0.25) is 0 Å². The Labute approximate surface area is 76.7 Å². The predicted octanol–water partition coefficient (Wildman–Crippen LogP) is -0.273. The normalized spacial score (nSPS) is 34.0. The molecule has 2 aliphatic rings. The molecule has 5 heteroatoms. The number of amides is 1. The number of carboxylic acid groups (broad SMARTS) is 1. The maximum absolute atomic E-state index is 10.9. The molecule has 2 rings (SSSR count). The molecule has 2 aliphatic heterocycles. The number of morpholine rings is 1. The zero-order chi connectivity index (χ0) is 9.26. The third-order valence-electron chi connectivity index (χ3n) is 2.70. The van der Waals surface area contributed by atoms with Crippen molar-refractivity contribution >= 4 is 6.09 Å². The van der Waals surface area contributed by atoms with Crippen molar-refractivity contribution in [1.82, 2.24) is 10.2 Å². The Morgan fingerprint density at radius 2 is 2.46 bits per heavy atom. The highest BCUT2D eigenvalue weighted by Crippen LogP contribution is 2.19. The van der Waals surface area contributed by atoms with Crippen molar-refractivity contribution in [1.29, 1.82) is 0 Å². The Morgan fingerprint density at radius 3 is 3.23 bits per heavy atom. The van der Waals surface area contributed by atoms with E-state index in [2.05, 4.69) is 5.32 Å². The minimum Gasteiger partial charge on any atom is -0.465 e. The summed E-state index contributed by atoms with van der Waals surface area (Å²) in [6.07, 6.45) is 0.0931. The first-order valence-electron chi connectivity index (χ1n) is 4.61. The summed E-state index contributed by atoms with van der Waals surface area (Å²) in [6.45, 7) is 2.69. The van der Waals surface area contributed by atoms with Crippen LogP contribution in [-0.4, -0.2) is 54.5 Å². The van der Waals surface area contributed by atoms with E-state index in [1.54, 1.807) is 0 Å². The molecule has 0 aromatic heterocycles. The fourth-order valence-corrected chi connectivity index (χ4v) is 2.05. The molecule has 0 bridgehead atoms. The van der Waals surface area contributed by atoms with E-state index in [9.17, 15) is 4.79 Å². The average molecular weight is 186 g/mol. The van der Waals surface area contributed by atoms with Crippen LogP contribution in [0, 0.1) is 0 Å². The zero-order valence-electron chi connectivity index (χ0n) is 7.40. The van der Waals surface area contributed by atoms with Crippen molar-refractivity contribution < 1.29 is 14.6 Å². The summed E-state index contributed by atoms with van der Waals surface area (Å²) in [5.41, 5.74) is 0. The topological polar surface area (TPSA) is 61.8 Å². The molecule has 0 aromatic rings. The lowest BCUT2D eigenvalue weighted by Gasteiger charge is -2.42. The number of nitrogens with zero attached hydrogens (tertiary/aromatic N) is 1. The van der Waals surface area contributed by atoms with Crippen LogP contribution in [0.25, 0.3) is 0 Å². The summed E-state index contributed by atoms with van der Waals surface area (Å²) >= 11 is 0. The number of rotatable bonds is 0. The molecule has 5 nitrogen and oxygen atoms in total. The van der Waals surface area contributed by atoms with E-state index in [0.717, 1.165) is 19.5 Å². The van der Waals surface area contributed by atoms with Gasteiger partial charge in [-0.05, 0) is 13.0 Å². The molecule has 0 spiro atoms. The van der Waals surface area contributed by atoms with E-state index in [0.29, 0.717) is 13.2 Å². The lowest BCUT2D eigenvalue weighted by molar-refractivity contribution is -0.0708. The Kier molecular flexibility index (Phi) is 2.37. The quantitative estimate of drug-likeness (QED) is 0.546. The lowest BCUT2D eigenvalue weighted by Crippen LogP contribution is -2.59. The number of nitrogens with one attached hydrogen (secondary N) is 1. The molecule has 13 heavy (non-hydrogen) atoms. The van der Waals surface area contributed by atoms with Crippen molar-refractivity contribution in [3.8, 4) is 0 Å². The summed E-state index contributed by atoms with van der Waals surface area (Å²) < 4.78 is 5.49. The van der Waals surface area contributed by atoms with Crippen molar-refractivity contribution in [3.05, 3.63) is 0 Å². The molecule has 0 unspecified atom stereocenters. The van der Waals surface area contributed by atoms with Gasteiger partial charge in [-0.15, -0.1) is 0 Å². The fraction of sp³-hybridized carbons (Fsp3) is 0.875. The molecule has 1 amide bonds. The summed E-state index contributed by atoms with van der Waals surface area (Å²) in [6, 6.07) is 0.0625. The molecule has 2 fully saturated rings. The van der Waals surface area contributed by atoms with E-state index >= 15 is 0 Å². The molecule has 2 saturated heterocycles. The van der Waals surface area contributed by atoms with Gasteiger partial charge in [0.15, 0.2) is 0 Å². The fourth-order valence-electron chi connectivity index (χ4n) is 2.05. The average Bonchev–Trinajstić information content (AvgIpc) is 2.17. The Balaban J connectivity index is 2.06. The largest absolute Gasteiger partial charge is 0.465 e. The van der Waals surface area contributed by atoms with E-state index in [4.69, 9.17) is 9.84 Å². The minimum absolute atomic E-state index is 0.0543. The van der Waals surface area contributed by atoms with Crippen LogP contribution in [0.1, 0.15) is 6.42 Å². The van der Waals surface area contributed by atoms with Crippen LogP contribution in [0.5, 0.6) is 0 Å². The monoisotopic (exact) mass is 186 g/mol. The number of hydrogen-bond donors (Lipinski definition) is 2. The van der Waals surface area contributed by atoms with Crippen LogP contribution >= 0.6 is 0 Å². The van der Waals surface area contributed by atoms with Gasteiger partial charge in [0.25, 0.3) is 0 Å². The summed E-state index contributed by atoms with van der Waals surface area (Å²) in [7, 11) is 0. The Morgan fingerprint density at radius 1 is 1.62 bits per heavy atom. The van der Waals surface area contributed by atoms with Crippen LogP contribution < -0.4 is 5.32 Å². The molecule has 2 N–H and O–H groups in total. The molecular weight excluding hydrogens is 172 g/mol. The van der Waals surface area contributed by atoms with Crippen LogP contribution in [-0.2, 0) is 4.74 Å². The van der Waals surface area contributed by atoms with Gasteiger partial charge >= 0.3 is 6.09 Å². The van der Waals surface area contributed by atoms with Gasteiger partial charge in [-0.25, -0.2) is 4.79 Å². The number of fused-ring (bicyclic) bond motifs is 1. The molecule has 0 saturated carbocycles. The highest BCUT2D eigenvalue weighted by molar-refractivity contribution is 5.65. The van der Waals surface area contributed by atoms with Gasteiger partial charge in [-0.2, -0.15) is 0 Å². The first-order valence-corrected chi connectivity index (χ1v) is 4.61. The molecule has 0 aromatic carbocycles. The van der Waals surface area contributed by atoms with Gasteiger partial charge in [0.05, 0.1) is 18.8 Å². The zero-order valence-corrected chi connectivity index (χ0v) is 7.40. The SMILES string of the molecule is O=C(O)N1CCO[C@@H]2CNCC[C@H]21. The Hall–Kier alpha value is -0.810. The number of hydrogen-bond acceptors (Lipinski definition) is 3. The van der Waals surface area contributed by atoms with Crippen LogP contribution in [0.4, 0.5) is 4.79 Å². The van der Waals surface area contributed by atoms with E-state index in [-0.39, 0.29) is 12.1 Å². The Bertz CT molecular complexity index is 208. The smallest absolute Gasteiger partial charge is 0.407 e. The summed E-state index contributed by atoms with van der Waals surface area (Å²) in [5, 5.41) is 12.1. The number of piperidine rings is 1. The van der Waals surface area contributed by atoms with Gasteiger partial charge < -0.3 is 20.1 Å². The van der Waals surface area contributed by atoms with Crippen LogP contribution in [0.2, 0.25) is 0 Å². The number of ether oxygens (including phenoxy) is 1. The first-order chi connectivity index (χ1) is 6.29. The third-order valence-corrected chi connectivity index (χ3v) is 2.70. The molecular formula is C8H14N2O3. The summed E-state index contributed by atoms with van der Waals surface area (Å²) in [4.78, 5) is 12.4. The van der Waals surface area contributed by atoms with Crippen LogP contribution in [0.15, 0.2) is 0 Å². The third kappa shape index (κ3) is 1.62. The minimum atomic E-state index is -0.819. The molecule has 2 heterocycles. The first kappa shape index (κ1) is 8.77. The van der Waals surface area contributed by atoms with Gasteiger partial charge in [0.1, 0.15) is 0 Å². The molecule has 0 radical (unpaired) electrons. The van der Waals surface area contributed by atoms with Crippen molar-refractivity contribution in [2.45, 2.75) is 18.6 Å². The maximum Gasteiger partial charge on any atom is 0.407 e. The van der Waals surface area contributed by atoms with Crippen LogP contribution in [0.3, 0.4) is 0 Å². The van der Waals surface area contributed by atoms with E-state index in [1.807, 2.05) is 0 Å². The highest BCUT2D eigenvalue weighted by Gasteiger charge is 2.36. The highest BCUT2D eigenvalue weighted by atomic mass is 16.5. The van der Waals surface area contributed by atoms with Gasteiger partial charge in [0, 0.05) is 13.1 Å². The van der Waals surface area contributed by atoms with Crippen molar-refractivity contribution in [2.75, 3.05) is 26.2 Å². The second kappa shape index (κ2) is 3.51. The second-order valence-corrected chi connectivity index (χ2v) is 3.45. The van der Waals surface area contributed by atoms with Crippen molar-refractivity contribution in [3.63, 3.8) is 0 Å². The standard InChI is InChI=1S/C8H14N2O3/c11-8(12)10-3-4-13-7-5-9-2-1-6(7)10/h6-7,9H,1-5H2,(H,11,12)/t6-,7-/m1/s1. The number of carbonyl (C=O) groups is 1. The molecule has 0 aliphatic carbocycles. The predicted molar refractivity (Wildman–Crippen MR) is 45.7 cm³/mol. The van der Waals surface area contributed by atoms with E-state index in [1.165, 1.54) is 4.90 Å². The second-order valence-electron chi connectivity index (χ2n) is 3.45. The lowest BCUT2D eigenvalue weighted by atomic mass is 10.0. The molecule has 2 atom stereocenters. The maximum atomic E-state index is 10.9. The summed E-state index contributed by atoms with van der Waals surface area (Å²) in [5.74, 6) is 0. The van der Waals surface area contributed by atoms with Crippen molar-refractivity contribution in [2.24, 2.45) is 0 Å². The van der Waals surface area contributed by atoms with E-state index < -0.39 is 6.09 Å². The molecule has 74 valence electrons. The van der Waals surface area contributed by atoms with Gasteiger partial charge in [0.2, 0.25) is 0 Å². The van der Waals surface area contributed by atoms with Gasteiger partial charge in [-0.1, -0.05) is 0 Å².